The predicted octanol–water partition coefficient (Wildman–Crippen LogP) is 2.03. The van der Waals surface area contributed by atoms with Crippen molar-refractivity contribution in [3.8, 4) is 0 Å². The third-order valence-corrected chi connectivity index (χ3v) is 2.43. The van der Waals surface area contributed by atoms with Crippen molar-refractivity contribution in [2.75, 3.05) is 13.1 Å². The highest BCUT2D eigenvalue weighted by molar-refractivity contribution is 5.85. The normalized spacial score (nSPS) is 25.9. The molecule has 0 bridgehead atoms. The summed E-state index contributed by atoms with van der Waals surface area (Å²) in [6.07, 6.45) is -0.205. The number of amides is 1. The van der Waals surface area contributed by atoms with Crippen LogP contribution >= 0.6 is 12.4 Å². The van der Waals surface area contributed by atoms with Crippen molar-refractivity contribution in [1.29, 1.82) is 0 Å². The van der Waals surface area contributed by atoms with E-state index >= 15 is 0 Å². The van der Waals surface area contributed by atoms with Crippen LogP contribution in [0.5, 0.6) is 0 Å². The first-order valence-electron chi connectivity index (χ1n) is 5.53. The number of nitrogens with zero attached hydrogens (tertiary/aromatic N) is 1. The second-order valence-corrected chi connectivity index (χ2v) is 5.24. The molecule has 1 rings (SSSR count). The van der Waals surface area contributed by atoms with Gasteiger partial charge in [-0.05, 0) is 34.6 Å². The fourth-order valence-corrected chi connectivity index (χ4v) is 1.81. The lowest BCUT2D eigenvalue weighted by Crippen LogP contribution is -2.58. The summed E-state index contributed by atoms with van der Waals surface area (Å²) < 4.78 is 5.38. The number of carbonyl (C=O) groups is 1. The van der Waals surface area contributed by atoms with Gasteiger partial charge in [0.1, 0.15) is 5.60 Å². The highest BCUT2D eigenvalue weighted by Gasteiger charge is 2.32. The number of hydrogen-bond acceptors (Lipinski definition) is 3. The lowest BCUT2D eigenvalue weighted by Gasteiger charge is -2.39. The Kier molecular flexibility index (Phi) is 5.56. The van der Waals surface area contributed by atoms with Crippen LogP contribution < -0.4 is 5.32 Å². The lowest BCUT2D eigenvalue weighted by molar-refractivity contribution is 0.00303. The molecule has 0 saturated carbocycles. The zero-order chi connectivity index (χ0) is 11.6. The minimum Gasteiger partial charge on any atom is -0.444 e. The average molecular weight is 251 g/mol. The molecule has 1 saturated heterocycles. The van der Waals surface area contributed by atoms with Crippen molar-refractivity contribution < 1.29 is 9.53 Å². The van der Waals surface area contributed by atoms with Gasteiger partial charge in [0.25, 0.3) is 0 Å². The fourth-order valence-electron chi connectivity index (χ4n) is 1.81. The lowest BCUT2D eigenvalue weighted by atomic mass is 10.1. The van der Waals surface area contributed by atoms with E-state index in [1.165, 1.54) is 0 Å². The molecule has 1 heterocycles. The molecule has 1 fully saturated rings. The van der Waals surface area contributed by atoms with Gasteiger partial charge < -0.3 is 15.0 Å². The van der Waals surface area contributed by atoms with Crippen LogP contribution in [-0.2, 0) is 4.74 Å². The molecule has 96 valence electrons. The van der Waals surface area contributed by atoms with Crippen molar-refractivity contribution in [2.45, 2.75) is 52.3 Å². The highest BCUT2D eigenvalue weighted by atomic mass is 35.5. The Morgan fingerprint density at radius 1 is 1.25 bits per heavy atom. The van der Waals surface area contributed by atoms with Crippen LogP contribution in [0.15, 0.2) is 0 Å². The summed E-state index contributed by atoms with van der Waals surface area (Å²) in [5.41, 5.74) is -0.415. The van der Waals surface area contributed by atoms with Gasteiger partial charge in [-0.25, -0.2) is 4.79 Å². The summed E-state index contributed by atoms with van der Waals surface area (Å²) in [7, 11) is 0. The van der Waals surface area contributed by atoms with Gasteiger partial charge in [0.2, 0.25) is 0 Å². The van der Waals surface area contributed by atoms with Crippen LogP contribution in [0.4, 0.5) is 4.79 Å². The molecule has 1 N–H and O–H groups in total. The molecule has 0 aromatic carbocycles. The van der Waals surface area contributed by atoms with Gasteiger partial charge in [-0.15, -0.1) is 12.4 Å². The van der Waals surface area contributed by atoms with Crippen molar-refractivity contribution in [3.05, 3.63) is 0 Å². The summed E-state index contributed by atoms with van der Waals surface area (Å²) in [6, 6.07) is 0.396. The number of hydrogen-bond donors (Lipinski definition) is 1. The summed E-state index contributed by atoms with van der Waals surface area (Å²) in [5.74, 6) is 0. The van der Waals surface area contributed by atoms with Gasteiger partial charge in [0, 0.05) is 25.2 Å². The quantitative estimate of drug-likeness (QED) is 0.715. The number of carbonyl (C=O) groups excluding carboxylic acids is 1. The van der Waals surface area contributed by atoms with Crippen LogP contribution in [0.25, 0.3) is 0 Å². The predicted molar refractivity (Wildman–Crippen MR) is 67.1 cm³/mol. The third kappa shape index (κ3) is 4.18. The zero-order valence-corrected chi connectivity index (χ0v) is 11.6. The first-order chi connectivity index (χ1) is 6.81. The SMILES string of the molecule is CC1CNCC(C)N1C(=O)OC(C)(C)C.Cl. The first kappa shape index (κ1) is 15.5. The Hall–Kier alpha value is -0.480. The Balaban J connectivity index is 0.00000225. The van der Waals surface area contributed by atoms with Crippen LogP contribution in [0.1, 0.15) is 34.6 Å². The first-order valence-corrected chi connectivity index (χ1v) is 5.53. The Bertz CT molecular complexity index is 231. The Morgan fingerprint density at radius 3 is 2.06 bits per heavy atom. The summed E-state index contributed by atoms with van der Waals surface area (Å²) in [6.45, 7) is 11.4. The van der Waals surface area contributed by atoms with Gasteiger partial charge in [0.15, 0.2) is 0 Å². The summed E-state index contributed by atoms with van der Waals surface area (Å²) >= 11 is 0. The molecular weight excluding hydrogens is 228 g/mol. The maximum absolute atomic E-state index is 11.9. The van der Waals surface area contributed by atoms with E-state index in [0.717, 1.165) is 13.1 Å². The molecule has 1 amide bonds. The second-order valence-electron chi connectivity index (χ2n) is 5.24. The van der Waals surface area contributed by atoms with E-state index in [-0.39, 0.29) is 30.6 Å². The Morgan fingerprint density at radius 2 is 1.69 bits per heavy atom. The van der Waals surface area contributed by atoms with Crippen molar-refractivity contribution >= 4 is 18.5 Å². The maximum atomic E-state index is 11.9. The number of nitrogens with one attached hydrogen (secondary N) is 1. The molecule has 2 atom stereocenters. The molecule has 0 aromatic heterocycles. The molecule has 16 heavy (non-hydrogen) atoms. The van der Waals surface area contributed by atoms with E-state index in [2.05, 4.69) is 5.32 Å². The molecule has 0 radical (unpaired) electrons. The number of ether oxygens (including phenoxy) is 1. The summed E-state index contributed by atoms with van der Waals surface area (Å²) in [4.78, 5) is 13.7. The van der Waals surface area contributed by atoms with Gasteiger partial charge in [0.05, 0.1) is 0 Å². The summed E-state index contributed by atoms with van der Waals surface area (Å²) in [5, 5.41) is 3.28. The van der Waals surface area contributed by atoms with Crippen molar-refractivity contribution in [1.82, 2.24) is 10.2 Å². The molecule has 0 spiro atoms. The van der Waals surface area contributed by atoms with Crippen molar-refractivity contribution in [3.63, 3.8) is 0 Å². The number of rotatable bonds is 0. The number of halogens is 1. The van der Waals surface area contributed by atoms with Crippen LogP contribution in [0.2, 0.25) is 0 Å². The zero-order valence-electron chi connectivity index (χ0n) is 10.7. The van der Waals surface area contributed by atoms with E-state index < -0.39 is 5.60 Å². The van der Waals surface area contributed by atoms with Gasteiger partial charge >= 0.3 is 6.09 Å². The molecule has 0 aromatic rings. The van der Waals surface area contributed by atoms with E-state index in [9.17, 15) is 4.79 Å². The van der Waals surface area contributed by atoms with Crippen LogP contribution in [-0.4, -0.2) is 41.8 Å². The van der Waals surface area contributed by atoms with Gasteiger partial charge in [-0.3, -0.25) is 0 Å². The molecule has 5 heteroatoms. The molecule has 1 aliphatic heterocycles. The molecular formula is C11H23ClN2O2. The minimum absolute atomic E-state index is 0. The van der Waals surface area contributed by atoms with Crippen LogP contribution in [0.3, 0.4) is 0 Å². The number of piperazine rings is 1. The largest absolute Gasteiger partial charge is 0.444 e. The maximum Gasteiger partial charge on any atom is 0.410 e. The van der Waals surface area contributed by atoms with E-state index in [0.29, 0.717) is 0 Å². The highest BCUT2D eigenvalue weighted by Crippen LogP contribution is 2.16. The molecule has 0 aliphatic carbocycles. The topological polar surface area (TPSA) is 41.6 Å². The van der Waals surface area contributed by atoms with Crippen LogP contribution in [0, 0.1) is 0 Å². The standard InChI is InChI=1S/C11H22N2O2.ClH/c1-8-6-12-7-9(2)13(8)10(14)15-11(3,4)5;/h8-9,12H,6-7H2,1-5H3;1H. The second kappa shape index (κ2) is 5.73. The molecule has 1 aliphatic rings. The average Bonchev–Trinajstić information content (AvgIpc) is 1.99. The van der Waals surface area contributed by atoms with Gasteiger partial charge in [-0.2, -0.15) is 0 Å². The van der Waals surface area contributed by atoms with E-state index in [1.54, 1.807) is 0 Å². The van der Waals surface area contributed by atoms with E-state index in [4.69, 9.17) is 4.74 Å². The Labute approximate surface area is 104 Å². The van der Waals surface area contributed by atoms with Crippen molar-refractivity contribution in [2.24, 2.45) is 0 Å². The minimum atomic E-state index is -0.415. The third-order valence-electron chi connectivity index (χ3n) is 2.43. The fraction of sp³-hybridized carbons (Fsp3) is 0.909. The molecule has 2 unspecified atom stereocenters. The van der Waals surface area contributed by atoms with Gasteiger partial charge in [-0.1, -0.05) is 0 Å². The van der Waals surface area contributed by atoms with E-state index in [1.807, 2.05) is 39.5 Å². The monoisotopic (exact) mass is 250 g/mol. The smallest absolute Gasteiger partial charge is 0.410 e. The molecule has 4 nitrogen and oxygen atoms in total.